The van der Waals surface area contributed by atoms with E-state index in [0.29, 0.717) is 12.4 Å². The van der Waals surface area contributed by atoms with E-state index >= 15 is 0 Å². The van der Waals surface area contributed by atoms with Gasteiger partial charge in [-0.25, -0.2) is 4.68 Å². The SMILES string of the molecule is CCc1c(N)nnn1Cc1cc(OC)ccc1Br. The number of hydrogen-bond donors (Lipinski definition) is 1. The first kappa shape index (κ1) is 12.9. The number of hydrogen-bond acceptors (Lipinski definition) is 4. The maximum absolute atomic E-state index is 5.77. The molecule has 0 saturated heterocycles. The maximum atomic E-state index is 5.77. The van der Waals surface area contributed by atoms with Crippen molar-refractivity contribution in [1.82, 2.24) is 15.0 Å². The number of nitrogens with zero attached hydrogens (tertiary/aromatic N) is 3. The molecular formula is C12H15BrN4O. The molecule has 0 spiro atoms. The van der Waals surface area contributed by atoms with Gasteiger partial charge in [0.25, 0.3) is 0 Å². The Bertz CT molecular complexity index is 553. The summed E-state index contributed by atoms with van der Waals surface area (Å²) in [4.78, 5) is 0. The van der Waals surface area contributed by atoms with Crippen LogP contribution in [0.3, 0.4) is 0 Å². The third kappa shape index (κ3) is 2.48. The fourth-order valence-corrected chi connectivity index (χ4v) is 2.17. The molecule has 0 saturated carbocycles. The van der Waals surface area contributed by atoms with E-state index in [1.54, 1.807) is 7.11 Å². The van der Waals surface area contributed by atoms with Gasteiger partial charge in [0.2, 0.25) is 0 Å². The summed E-state index contributed by atoms with van der Waals surface area (Å²) in [5.74, 6) is 1.32. The summed E-state index contributed by atoms with van der Waals surface area (Å²) in [5, 5.41) is 7.96. The summed E-state index contributed by atoms with van der Waals surface area (Å²) in [5.41, 5.74) is 7.80. The molecule has 2 aromatic rings. The van der Waals surface area contributed by atoms with E-state index in [2.05, 4.69) is 26.2 Å². The predicted octanol–water partition coefficient (Wildman–Crippen LogP) is 2.24. The first-order chi connectivity index (χ1) is 8.65. The predicted molar refractivity (Wildman–Crippen MR) is 73.6 cm³/mol. The lowest BCUT2D eigenvalue weighted by Gasteiger charge is -2.09. The molecule has 5 nitrogen and oxygen atoms in total. The number of nitrogens with two attached hydrogens (primary N) is 1. The number of benzene rings is 1. The van der Waals surface area contributed by atoms with Crippen LogP contribution in [0.15, 0.2) is 22.7 Å². The first-order valence-electron chi connectivity index (χ1n) is 5.66. The highest BCUT2D eigenvalue weighted by atomic mass is 79.9. The van der Waals surface area contributed by atoms with Gasteiger partial charge in [-0.05, 0) is 30.2 Å². The summed E-state index contributed by atoms with van der Waals surface area (Å²) < 4.78 is 8.05. The Balaban J connectivity index is 2.33. The Morgan fingerprint density at radius 1 is 1.44 bits per heavy atom. The molecule has 0 amide bonds. The van der Waals surface area contributed by atoms with Crippen LogP contribution in [-0.2, 0) is 13.0 Å². The lowest BCUT2D eigenvalue weighted by Crippen LogP contribution is -2.07. The topological polar surface area (TPSA) is 66.0 Å². The molecule has 1 heterocycles. The van der Waals surface area contributed by atoms with Crippen molar-refractivity contribution in [1.29, 1.82) is 0 Å². The fourth-order valence-electron chi connectivity index (χ4n) is 1.80. The van der Waals surface area contributed by atoms with Crippen LogP contribution in [0.1, 0.15) is 18.2 Å². The highest BCUT2D eigenvalue weighted by Gasteiger charge is 2.10. The van der Waals surface area contributed by atoms with Crippen molar-refractivity contribution < 1.29 is 4.74 Å². The van der Waals surface area contributed by atoms with Crippen molar-refractivity contribution >= 4 is 21.7 Å². The molecule has 0 atom stereocenters. The summed E-state index contributed by atoms with van der Waals surface area (Å²) in [7, 11) is 1.65. The van der Waals surface area contributed by atoms with Crippen molar-refractivity contribution in [3.8, 4) is 5.75 Å². The molecule has 2 rings (SSSR count). The molecule has 0 bridgehead atoms. The number of ether oxygens (including phenoxy) is 1. The number of aromatic nitrogens is 3. The van der Waals surface area contributed by atoms with Crippen LogP contribution in [0, 0.1) is 0 Å². The van der Waals surface area contributed by atoms with Gasteiger partial charge < -0.3 is 10.5 Å². The molecule has 0 aliphatic carbocycles. The number of rotatable bonds is 4. The van der Waals surface area contributed by atoms with Crippen LogP contribution in [0.2, 0.25) is 0 Å². The third-order valence-corrected chi connectivity index (χ3v) is 3.55. The smallest absolute Gasteiger partial charge is 0.169 e. The van der Waals surface area contributed by atoms with E-state index in [9.17, 15) is 0 Å². The molecule has 2 N–H and O–H groups in total. The van der Waals surface area contributed by atoms with Gasteiger partial charge in [-0.15, -0.1) is 5.10 Å². The molecule has 0 aliphatic heterocycles. The number of methoxy groups -OCH3 is 1. The molecule has 1 aromatic carbocycles. The van der Waals surface area contributed by atoms with Crippen molar-refractivity contribution in [3.63, 3.8) is 0 Å². The van der Waals surface area contributed by atoms with E-state index < -0.39 is 0 Å². The van der Waals surface area contributed by atoms with E-state index in [1.165, 1.54) is 0 Å². The van der Waals surface area contributed by atoms with Crippen LogP contribution in [-0.4, -0.2) is 22.1 Å². The molecular weight excluding hydrogens is 296 g/mol. The average molecular weight is 311 g/mol. The second kappa shape index (κ2) is 5.39. The summed E-state index contributed by atoms with van der Waals surface area (Å²) in [6, 6.07) is 5.84. The van der Waals surface area contributed by atoms with Crippen molar-refractivity contribution in [2.75, 3.05) is 12.8 Å². The second-order valence-electron chi connectivity index (χ2n) is 3.89. The zero-order valence-electron chi connectivity index (χ0n) is 10.4. The molecule has 6 heteroatoms. The fraction of sp³-hybridized carbons (Fsp3) is 0.333. The van der Waals surface area contributed by atoms with Crippen LogP contribution in [0.4, 0.5) is 5.82 Å². The van der Waals surface area contributed by atoms with Gasteiger partial charge in [0, 0.05) is 4.47 Å². The van der Waals surface area contributed by atoms with E-state index in [1.807, 2.05) is 29.8 Å². The van der Waals surface area contributed by atoms with Gasteiger partial charge in [0.15, 0.2) is 5.82 Å². The largest absolute Gasteiger partial charge is 0.497 e. The zero-order chi connectivity index (χ0) is 13.1. The van der Waals surface area contributed by atoms with Crippen molar-refractivity contribution in [2.45, 2.75) is 19.9 Å². The normalized spacial score (nSPS) is 10.6. The Kier molecular flexibility index (Phi) is 3.86. The molecule has 96 valence electrons. The van der Waals surface area contributed by atoms with E-state index in [0.717, 1.165) is 27.9 Å². The number of anilines is 1. The third-order valence-electron chi connectivity index (χ3n) is 2.78. The zero-order valence-corrected chi connectivity index (χ0v) is 11.9. The van der Waals surface area contributed by atoms with E-state index in [4.69, 9.17) is 10.5 Å². The Hall–Kier alpha value is -1.56. The number of halogens is 1. The van der Waals surface area contributed by atoms with Gasteiger partial charge in [-0.1, -0.05) is 28.1 Å². The first-order valence-corrected chi connectivity index (χ1v) is 6.45. The second-order valence-corrected chi connectivity index (χ2v) is 4.74. The molecule has 18 heavy (non-hydrogen) atoms. The molecule has 1 aromatic heterocycles. The van der Waals surface area contributed by atoms with Gasteiger partial charge in [0.05, 0.1) is 19.3 Å². The molecule has 0 aliphatic rings. The van der Waals surface area contributed by atoms with Crippen LogP contribution in [0.25, 0.3) is 0 Å². The Morgan fingerprint density at radius 2 is 2.22 bits per heavy atom. The van der Waals surface area contributed by atoms with Crippen molar-refractivity contribution in [2.24, 2.45) is 0 Å². The quantitative estimate of drug-likeness (QED) is 0.940. The summed E-state index contributed by atoms with van der Waals surface area (Å²) in [6.45, 7) is 2.65. The lowest BCUT2D eigenvalue weighted by molar-refractivity contribution is 0.414. The van der Waals surface area contributed by atoms with Gasteiger partial charge >= 0.3 is 0 Å². The van der Waals surface area contributed by atoms with Gasteiger partial charge in [-0.3, -0.25) is 0 Å². The van der Waals surface area contributed by atoms with Gasteiger partial charge in [0.1, 0.15) is 5.75 Å². The highest BCUT2D eigenvalue weighted by molar-refractivity contribution is 9.10. The highest BCUT2D eigenvalue weighted by Crippen LogP contribution is 2.24. The minimum absolute atomic E-state index is 0.497. The molecule has 0 radical (unpaired) electrons. The summed E-state index contributed by atoms with van der Waals surface area (Å²) >= 11 is 3.52. The molecule has 0 unspecified atom stereocenters. The molecule has 0 fully saturated rings. The summed E-state index contributed by atoms with van der Waals surface area (Å²) in [6.07, 6.45) is 0.806. The number of nitrogen functional groups attached to an aromatic ring is 1. The monoisotopic (exact) mass is 310 g/mol. The lowest BCUT2D eigenvalue weighted by atomic mass is 10.2. The minimum Gasteiger partial charge on any atom is -0.497 e. The van der Waals surface area contributed by atoms with Crippen molar-refractivity contribution in [3.05, 3.63) is 33.9 Å². The minimum atomic E-state index is 0.497. The Morgan fingerprint density at radius 3 is 2.89 bits per heavy atom. The van der Waals surface area contributed by atoms with Crippen LogP contribution in [0.5, 0.6) is 5.75 Å². The maximum Gasteiger partial charge on any atom is 0.169 e. The van der Waals surface area contributed by atoms with E-state index in [-0.39, 0.29) is 0 Å². The average Bonchev–Trinajstić information content (AvgIpc) is 2.72. The van der Waals surface area contributed by atoms with Crippen LogP contribution >= 0.6 is 15.9 Å². The Labute approximate surface area is 114 Å². The van der Waals surface area contributed by atoms with Crippen LogP contribution < -0.4 is 10.5 Å². The van der Waals surface area contributed by atoms with Gasteiger partial charge in [-0.2, -0.15) is 0 Å². The standard InChI is InChI=1S/C12H15BrN4O/c1-3-11-12(14)15-16-17(11)7-8-6-9(18-2)4-5-10(8)13/h4-6H,3,7,14H2,1-2H3.